The third-order valence-electron chi connectivity index (χ3n) is 4.87. The average molecular weight is 330 g/mol. The van der Waals surface area contributed by atoms with Gasteiger partial charge in [0.25, 0.3) is 5.91 Å². The first kappa shape index (κ1) is 16.7. The molecule has 5 heteroatoms. The van der Waals surface area contributed by atoms with Gasteiger partial charge in [0.05, 0.1) is 17.9 Å². The molecule has 0 aromatic heterocycles. The summed E-state index contributed by atoms with van der Waals surface area (Å²) in [5.74, 6) is 0.767. The topological polar surface area (TPSA) is 67.8 Å². The Bertz CT molecular complexity index is 716. The van der Waals surface area contributed by atoms with Gasteiger partial charge in [-0.2, -0.15) is 0 Å². The summed E-state index contributed by atoms with van der Waals surface area (Å²) >= 11 is 0. The van der Waals surface area contributed by atoms with Crippen LogP contribution < -0.4 is 5.32 Å². The van der Waals surface area contributed by atoms with Crippen LogP contribution in [0.1, 0.15) is 54.3 Å². The molecule has 0 radical (unpaired) electrons. The second kappa shape index (κ2) is 6.75. The minimum Gasteiger partial charge on any atom is -0.463 e. The van der Waals surface area contributed by atoms with Gasteiger partial charge in [-0.3, -0.25) is 4.79 Å². The maximum absolute atomic E-state index is 12.5. The molecule has 24 heavy (non-hydrogen) atoms. The molecule has 0 aromatic carbocycles. The van der Waals surface area contributed by atoms with Crippen molar-refractivity contribution in [2.24, 2.45) is 10.9 Å². The number of aliphatic imine (C=N–C) groups is 1. The number of amides is 1. The fourth-order valence-electron chi connectivity index (χ4n) is 3.53. The van der Waals surface area contributed by atoms with Crippen molar-refractivity contribution >= 4 is 17.7 Å². The lowest BCUT2D eigenvalue weighted by atomic mass is 9.86. The Kier molecular flexibility index (Phi) is 4.69. The zero-order valence-corrected chi connectivity index (χ0v) is 14.6. The van der Waals surface area contributed by atoms with Crippen LogP contribution in [0.5, 0.6) is 0 Å². The number of amidine groups is 1. The van der Waals surface area contributed by atoms with Crippen molar-refractivity contribution < 1.29 is 15.8 Å². The number of hydrogen-bond acceptors (Lipinski definition) is 4. The van der Waals surface area contributed by atoms with Crippen LogP contribution in [0.4, 0.5) is 0 Å². The first-order valence-corrected chi connectivity index (χ1v) is 8.65. The van der Waals surface area contributed by atoms with Crippen LogP contribution >= 0.6 is 0 Å². The van der Waals surface area contributed by atoms with Crippen LogP contribution in [-0.4, -0.2) is 24.3 Å². The van der Waals surface area contributed by atoms with Crippen molar-refractivity contribution in [3.8, 4) is 0 Å². The van der Waals surface area contributed by atoms with E-state index in [9.17, 15) is 9.59 Å². The Hall–Kier alpha value is -2.17. The van der Waals surface area contributed by atoms with E-state index in [0.29, 0.717) is 36.1 Å². The Morgan fingerprint density at radius 3 is 2.96 bits per heavy atom. The molecule has 3 rings (SSSR count). The number of hydrogen-bond donors (Lipinski definition) is 1. The number of carbonyl (C=O) groups excluding carboxylic acids is 2. The molecule has 1 amide bonds. The highest BCUT2D eigenvalue weighted by molar-refractivity contribution is 6.11. The van der Waals surface area contributed by atoms with Gasteiger partial charge in [-0.1, -0.05) is 18.6 Å². The number of allylic oxidation sites excluding steroid dienone is 4. The van der Waals surface area contributed by atoms with Crippen LogP contribution in [0.3, 0.4) is 0 Å². The molecule has 2 aliphatic carbocycles. The van der Waals surface area contributed by atoms with Crippen molar-refractivity contribution in [1.29, 1.82) is 0 Å². The monoisotopic (exact) mass is 330 g/mol. The zero-order chi connectivity index (χ0) is 17.3. The highest BCUT2D eigenvalue weighted by Gasteiger charge is 2.28. The molecule has 3 aliphatic rings. The molecular formula is C19H26N2O3. The predicted molar refractivity (Wildman–Crippen MR) is 94.4 cm³/mol. The first-order chi connectivity index (χ1) is 11.5. The summed E-state index contributed by atoms with van der Waals surface area (Å²) < 4.78 is 5.02. The van der Waals surface area contributed by atoms with Gasteiger partial charge < -0.3 is 10.1 Å². The summed E-state index contributed by atoms with van der Waals surface area (Å²) in [4.78, 5) is 28.7. The highest BCUT2D eigenvalue weighted by atomic mass is 16.5. The normalized spacial score (nSPS) is 23.0. The van der Waals surface area contributed by atoms with E-state index in [0.717, 1.165) is 24.8 Å². The van der Waals surface area contributed by atoms with Crippen molar-refractivity contribution in [1.82, 2.24) is 5.32 Å². The average Bonchev–Trinajstić information content (AvgIpc) is 3.10. The molecule has 0 saturated heterocycles. The number of nitrogens with zero attached hydrogens (tertiary/aromatic N) is 1. The quantitative estimate of drug-likeness (QED) is 0.806. The predicted octanol–water partition coefficient (Wildman–Crippen LogP) is 3.43. The minimum atomic E-state index is -0.353. The standard InChI is InChI=1S/C19H24N2O3.H2/c1-4-24-19(23)16-10-17(20-12(16)3)21-18(22)15-8-13-6-5-11(2)7-14(13)9-15;/h9,11H,4-8,10H2,1-3H3,(H,20,21,22);1H. The number of carbonyl (C=O) groups is 2. The molecule has 1 unspecified atom stereocenters. The van der Waals surface area contributed by atoms with Gasteiger partial charge in [-0.15, -0.1) is 0 Å². The smallest absolute Gasteiger partial charge is 0.336 e. The molecule has 0 bridgehead atoms. The fraction of sp³-hybridized carbons (Fsp3) is 0.526. The molecule has 1 atom stereocenters. The molecular weight excluding hydrogens is 304 g/mol. The number of nitrogens with one attached hydrogen (secondary N) is 1. The largest absolute Gasteiger partial charge is 0.463 e. The Morgan fingerprint density at radius 1 is 1.42 bits per heavy atom. The second-order valence-electron chi connectivity index (χ2n) is 6.80. The lowest BCUT2D eigenvalue weighted by Gasteiger charge is -2.19. The van der Waals surface area contributed by atoms with E-state index in [1.165, 1.54) is 17.6 Å². The van der Waals surface area contributed by atoms with Gasteiger partial charge in [0.1, 0.15) is 5.84 Å². The lowest BCUT2D eigenvalue weighted by molar-refractivity contribution is -0.138. The number of esters is 1. The van der Waals surface area contributed by atoms with Crippen LogP contribution in [0.2, 0.25) is 0 Å². The van der Waals surface area contributed by atoms with Crippen molar-refractivity contribution in [3.63, 3.8) is 0 Å². The van der Waals surface area contributed by atoms with Crippen molar-refractivity contribution in [2.75, 3.05) is 6.61 Å². The van der Waals surface area contributed by atoms with E-state index >= 15 is 0 Å². The molecule has 1 heterocycles. The van der Waals surface area contributed by atoms with Crippen LogP contribution in [-0.2, 0) is 14.3 Å². The Morgan fingerprint density at radius 2 is 2.21 bits per heavy atom. The molecule has 0 saturated carbocycles. The summed E-state index contributed by atoms with van der Waals surface area (Å²) in [7, 11) is 0. The Balaban J connectivity index is 0.00000225. The molecule has 5 nitrogen and oxygen atoms in total. The molecule has 1 aliphatic heterocycles. The van der Waals surface area contributed by atoms with Gasteiger partial charge in [0.15, 0.2) is 0 Å². The van der Waals surface area contributed by atoms with Gasteiger partial charge >= 0.3 is 5.97 Å². The van der Waals surface area contributed by atoms with Crippen molar-refractivity contribution in [3.05, 3.63) is 34.1 Å². The van der Waals surface area contributed by atoms with E-state index in [1.54, 1.807) is 13.8 Å². The SMILES string of the molecule is CCOC(=O)C1=C(C)N=C(NC(=O)C2=CC3=C(CCC(C)C3)C2)C1.[HH]. The summed E-state index contributed by atoms with van der Waals surface area (Å²) in [6, 6.07) is 0. The first-order valence-electron chi connectivity index (χ1n) is 8.65. The van der Waals surface area contributed by atoms with Gasteiger partial charge in [-0.05, 0) is 51.0 Å². The molecule has 0 aromatic rings. The second-order valence-corrected chi connectivity index (χ2v) is 6.80. The van der Waals surface area contributed by atoms with E-state index in [4.69, 9.17) is 4.74 Å². The van der Waals surface area contributed by atoms with Crippen LogP contribution in [0.25, 0.3) is 0 Å². The summed E-state index contributed by atoms with van der Waals surface area (Å²) in [5, 5.41) is 2.87. The highest BCUT2D eigenvalue weighted by Crippen LogP contribution is 2.38. The van der Waals surface area contributed by atoms with E-state index in [2.05, 4.69) is 17.2 Å². The number of ether oxygens (including phenoxy) is 1. The third kappa shape index (κ3) is 3.35. The lowest BCUT2D eigenvalue weighted by Crippen LogP contribution is -2.31. The maximum atomic E-state index is 12.5. The maximum Gasteiger partial charge on any atom is 0.336 e. The van der Waals surface area contributed by atoms with E-state index in [-0.39, 0.29) is 13.3 Å². The van der Waals surface area contributed by atoms with E-state index < -0.39 is 0 Å². The Labute approximate surface area is 144 Å². The minimum absolute atomic E-state index is 0. The van der Waals surface area contributed by atoms with Gasteiger partial charge in [-0.25, -0.2) is 9.79 Å². The molecule has 1 N–H and O–H groups in total. The summed E-state index contributed by atoms with van der Waals surface area (Å²) in [5.41, 5.74) is 4.70. The zero-order valence-electron chi connectivity index (χ0n) is 14.6. The molecule has 0 fully saturated rings. The van der Waals surface area contributed by atoms with E-state index in [1.807, 2.05) is 6.08 Å². The van der Waals surface area contributed by atoms with Gasteiger partial charge in [0, 0.05) is 13.4 Å². The molecule has 130 valence electrons. The van der Waals surface area contributed by atoms with Crippen LogP contribution in [0, 0.1) is 5.92 Å². The fourth-order valence-corrected chi connectivity index (χ4v) is 3.53. The summed E-state index contributed by atoms with van der Waals surface area (Å²) in [6.45, 7) is 6.13. The van der Waals surface area contributed by atoms with Crippen molar-refractivity contribution in [2.45, 2.75) is 52.9 Å². The summed E-state index contributed by atoms with van der Waals surface area (Å²) in [6.07, 6.45) is 6.49. The number of rotatable bonds is 3. The van der Waals surface area contributed by atoms with Crippen LogP contribution in [0.15, 0.2) is 39.1 Å². The third-order valence-corrected chi connectivity index (χ3v) is 4.87. The van der Waals surface area contributed by atoms with Gasteiger partial charge in [0.2, 0.25) is 0 Å². The molecule has 0 spiro atoms.